The summed E-state index contributed by atoms with van der Waals surface area (Å²) < 4.78 is 2.12. The van der Waals surface area contributed by atoms with Crippen molar-refractivity contribution in [2.24, 2.45) is 5.92 Å². The molecule has 0 aliphatic rings. The Bertz CT molecular complexity index is 804. The molecule has 0 atom stereocenters. The molecule has 5 nitrogen and oxygen atoms in total. The largest absolute Gasteiger partial charge is 0.382 e. The van der Waals surface area contributed by atoms with Crippen LogP contribution in [-0.4, -0.2) is 19.7 Å². The molecule has 0 radical (unpaired) electrons. The maximum absolute atomic E-state index is 6.16. The maximum Gasteiger partial charge on any atom is 0.152 e. The molecule has 3 rings (SSSR count). The van der Waals surface area contributed by atoms with Crippen LogP contribution in [0.4, 0.5) is 5.82 Å². The summed E-state index contributed by atoms with van der Waals surface area (Å²) in [5.41, 5.74) is 9.11. The van der Waals surface area contributed by atoms with Gasteiger partial charge in [0.15, 0.2) is 5.82 Å². The van der Waals surface area contributed by atoms with Gasteiger partial charge in [0.2, 0.25) is 0 Å². The Balaban J connectivity index is 2.32. The first-order valence-electron chi connectivity index (χ1n) is 8.00. The first-order chi connectivity index (χ1) is 10.6. The van der Waals surface area contributed by atoms with E-state index in [9.17, 15) is 0 Å². The number of nitrogens with two attached hydrogens (primary N) is 1. The number of hydrogen-bond donors (Lipinski definition) is 1. The molecule has 0 saturated carbocycles. The molecule has 0 aliphatic heterocycles. The number of anilines is 1. The highest BCUT2D eigenvalue weighted by molar-refractivity contribution is 6.09. The van der Waals surface area contributed by atoms with Crippen LogP contribution in [-0.2, 0) is 13.0 Å². The molecule has 2 N–H and O–H groups in total. The van der Waals surface area contributed by atoms with Crippen molar-refractivity contribution in [3.8, 4) is 0 Å². The maximum atomic E-state index is 6.16. The van der Waals surface area contributed by atoms with Crippen molar-refractivity contribution in [3.63, 3.8) is 0 Å². The van der Waals surface area contributed by atoms with Crippen LogP contribution in [0.3, 0.4) is 0 Å². The van der Waals surface area contributed by atoms with Gasteiger partial charge in [0.25, 0.3) is 0 Å². The predicted molar refractivity (Wildman–Crippen MR) is 90.7 cm³/mol. The number of aryl methyl sites for hydroxylation is 1. The molecular weight excluding hydrogens is 274 g/mol. The minimum atomic E-state index is 0.508. The molecule has 0 saturated heterocycles. The summed E-state index contributed by atoms with van der Waals surface area (Å²) in [6.07, 6.45) is 6.87. The van der Waals surface area contributed by atoms with Gasteiger partial charge in [-0.1, -0.05) is 27.2 Å². The summed E-state index contributed by atoms with van der Waals surface area (Å²) in [6, 6.07) is 1.91. The summed E-state index contributed by atoms with van der Waals surface area (Å²) in [5, 5.41) is 6.93. The highest BCUT2D eigenvalue weighted by atomic mass is 15.3. The molecule has 3 aromatic heterocycles. The van der Waals surface area contributed by atoms with Gasteiger partial charge in [0, 0.05) is 35.4 Å². The lowest BCUT2D eigenvalue weighted by Crippen LogP contribution is -2.07. The van der Waals surface area contributed by atoms with Crippen molar-refractivity contribution in [2.75, 3.05) is 5.73 Å². The molecule has 0 aromatic carbocycles. The van der Waals surface area contributed by atoms with Crippen LogP contribution < -0.4 is 5.73 Å². The smallest absolute Gasteiger partial charge is 0.152 e. The first-order valence-corrected chi connectivity index (χ1v) is 8.00. The van der Waals surface area contributed by atoms with E-state index in [4.69, 9.17) is 10.8 Å². The van der Waals surface area contributed by atoms with E-state index < -0.39 is 0 Å². The lowest BCUT2D eigenvalue weighted by Gasteiger charge is -2.10. The van der Waals surface area contributed by atoms with E-state index in [-0.39, 0.29) is 0 Å². The molecule has 0 amide bonds. The molecule has 0 fully saturated rings. The van der Waals surface area contributed by atoms with Crippen LogP contribution in [0.5, 0.6) is 0 Å². The van der Waals surface area contributed by atoms with E-state index in [1.807, 2.05) is 12.3 Å². The van der Waals surface area contributed by atoms with Gasteiger partial charge < -0.3 is 5.73 Å². The van der Waals surface area contributed by atoms with Crippen molar-refractivity contribution in [2.45, 2.75) is 46.6 Å². The van der Waals surface area contributed by atoms with Crippen molar-refractivity contribution < 1.29 is 0 Å². The second kappa shape index (κ2) is 5.91. The topological polar surface area (TPSA) is 69.6 Å². The lowest BCUT2D eigenvalue weighted by atomic mass is 10.0. The third kappa shape index (κ3) is 2.51. The zero-order valence-electron chi connectivity index (χ0n) is 13.5. The summed E-state index contributed by atoms with van der Waals surface area (Å²) in [5.74, 6) is 1.07. The third-order valence-corrected chi connectivity index (χ3v) is 3.93. The van der Waals surface area contributed by atoms with Crippen LogP contribution in [0.2, 0.25) is 0 Å². The van der Waals surface area contributed by atoms with E-state index in [1.165, 1.54) is 5.69 Å². The average molecular weight is 297 g/mol. The molecular formula is C17H23N5. The fourth-order valence-corrected chi connectivity index (χ4v) is 2.91. The van der Waals surface area contributed by atoms with Crippen molar-refractivity contribution in [1.29, 1.82) is 0 Å². The second-order valence-electron chi connectivity index (χ2n) is 6.23. The Morgan fingerprint density at radius 3 is 2.86 bits per heavy atom. The molecule has 0 bridgehead atoms. The Hall–Kier alpha value is -2.17. The molecule has 0 aliphatic carbocycles. The number of nitrogen functional groups attached to an aromatic ring is 1. The molecule has 5 heteroatoms. The van der Waals surface area contributed by atoms with Crippen LogP contribution >= 0.6 is 0 Å². The van der Waals surface area contributed by atoms with Crippen LogP contribution in [0.1, 0.15) is 39.3 Å². The summed E-state index contributed by atoms with van der Waals surface area (Å²) in [4.78, 5) is 8.75. The number of aromatic nitrogens is 4. The van der Waals surface area contributed by atoms with Gasteiger partial charge in [-0.3, -0.25) is 9.67 Å². The zero-order valence-corrected chi connectivity index (χ0v) is 13.5. The molecule has 22 heavy (non-hydrogen) atoms. The van der Waals surface area contributed by atoms with Crippen molar-refractivity contribution in [3.05, 3.63) is 24.2 Å². The van der Waals surface area contributed by atoms with Crippen molar-refractivity contribution >= 4 is 27.6 Å². The van der Waals surface area contributed by atoms with Gasteiger partial charge in [0.1, 0.15) is 5.52 Å². The van der Waals surface area contributed by atoms with Crippen LogP contribution in [0.15, 0.2) is 18.5 Å². The Labute approximate surface area is 130 Å². The van der Waals surface area contributed by atoms with Crippen molar-refractivity contribution in [1.82, 2.24) is 19.7 Å². The fraction of sp³-hybridized carbons (Fsp3) is 0.471. The van der Waals surface area contributed by atoms with Gasteiger partial charge in [-0.2, -0.15) is 5.10 Å². The highest BCUT2D eigenvalue weighted by Gasteiger charge is 2.18. The molecule has 3 aromatic rings. The Morgan fingerprint density at radius 2 is 2.14 bits per heavy atom. The first kappa shape index (κ1) is 14.8. The standard InChI is InChI=1S/C17H23N5/c1-4-5-8-22-14(9-11(2)3)15-12-10-19-7-6-13(12)20-17(18)16(15)21-22/h6-7,10-11H,4-5,8-9H2,1-3H3,(H2,18,20). The van der Waals surface area contributed by atoms with E-state index in [0.717, 1.165) is 47.6 Å². The van der Waals surface area contributed by atoms with E-state index in [0.29, 0.717) is 11.7 Å². The number of hydrogen-bond acceptors (Lipinski definition) is 4. The molecule has 0 spiro atoms. The third-order valence-electron chi connectivity index (χ3n) is 3.93. The Morgan fingerprint density at radius 1 is 1.32 bits per heavy atom. The number of nitrogens with zero attached hydrogens (tertiary/aromatic N) is 4. The van der Waals surface area contributed by atoms with Gasteiger partial charge in [-0.25, -0.2) is 4.98 Å². The molecule has 0 unspecified atom stereocenters. The van der Waals surface area contributed by atoms with Gasteiger partial charge in [-0.15, -0.1) is 0 Å². The number of unbranched alkanes of at least 4 members (excludes halogenated alkanes) is 1. The summed E-state index contributed by atoms with van der Waals surface area (Å²) in [6.45, 7) is 7.58. The normalized spacial score (nSPS) is 11.8. The zero-order chi connectivity index (χ0) is 15.7. The quantitative estimate of drug-likeness (QED) is 0.781. The van der Waals surface area contributed by atoms with Gasteiger partial charge >= 0.3 is 0 Å². The summed E-state index contributed by atoms with van der Waals surface area (Å²) in [7, 11) is 0. The SMILES string of the molecule is CCCCn1nc2c(N)nc3ccncc3c2c1CC(C)C. The van der Waals surface area contributed by atoms with Gasteiger partial charge in [-0.05, 0) is 24.8 Å². The monoisotopic (exact) mass is 297 g/mol. The fourth-order valence-electron chi connectivity index (χ4n) is 2.91. The molecule has 3 heterocycles. The van der Waals surface area contributed by atoms with Crippen LogP contribution in [0.25, 0.3) is 21.8 Å². The number of rotatable bonds is 5. The Kier molecular flexibility index (Phi) is 3.96. The van der Waals surface area contributed by atoms with E-state index in [2.05, 4.69) is 35.4 Å². The average Bonchev–Trinajstić information content (AvgIpc) is 2.84. The minimum Gasteiger partial charge on any atom is -0.382 e. The van der Waals surface area contributed by atoms with E-state index in [1.54, 1.807) is 6.20 Å². The second-order valence-corrected chi connectivity index (χ2v) is 6.23. The lowest BCUT2D eigenvalue weighted by molar-refractivity contribution is 0.526. The van der Waals surface area contributed by atoms with Crippen LogP contribution in [0, 0.1) is 5.92 Å². The highest BCUT2D eigenvalue weighted by Crippen LogP contribution is 2.31. The minimum absolute atomic E-state index is 0.508. The van der Waals surface area contributed by atoms with E-state index >= 15 is 0 Å². The molecule has 116 valence electrons. The predicted octanol–water partition coefficient (Wildman–Crippen LogP) is 3.56. The number of fused-ring (bicyclic) bond motifs is 3. The summed E-state index contributed by atoms with van der Waals surface area (Å²) >= 11 is 0. The number of pyridine rings is 2. The van der Waals surface area contributed by atoms with Gasteiger partial charge in [0.05, 0.1) is 5.52 Å².